The molecule has 0 saturated heterocycles. The summed E-state index contributed by atoms with van der Waals surface area (Å²) in [6.45, 7) is 0.242. The number of hydrogen-bond donors (Lipinski definition) is 2. The van der Waals surface area contributed by atoms with E-state index < -0.39 is 66.8 Å². The van der Waals surface area contributed by atoms with Crippen LogP contribution in [-0.2, 0) is 53.2 Å². The van der Waals surface area contributed by atoms with Gasteiger partial charge in [0, 0.05) is 6.42 Å². The van der Waals surface area contributed by atoms with Crippen molar-refractivity contribution in [3.05, 3.63) is 108 Å². The fourth-order valence-corrected chi connectivity index (χ4v) is 4.52. The maximum atomic E-state index is 13.9. The number of benzene rings is 3. The highest BCUT2D eigenvalue weighted by molar-refractivity contribution is 9.09. The van der Waals surface area contributed by atoms with E-state index in [1.807, 2.05) is 0 Å². The summed E-state index contributed by atoms with van der Waals surface area (Å²) in [6.07, 6.45) is -3.93. The minimum absolute atomic E-state index is 0.106. The number of nitrogens with zero attached hydrogens (tertiary/aromatic N) is 1. The van der Waals surface area contributed by atoms with Gasteiger partial charge in [-0.15, -0.1) is 0 Å². The van der Waals surface area contributed by atoms with Gasteiger partial charge in [-0.05, 0) is 30.0 Å². The highest BCUT2D eigenvalue weighted by Crippen LogP contribution is 2.28. The van der Waals surface area contributed by atoms with E-state index in [4.69, 9.17) is 14.2 Å². The number of ketones is 1. The predicted octanol–water partition coefficient (Wildman–Crippen LogP) is 4.78. The third kappa shape index (κ3) is 9.73. The van der Waals surface area contributed by atoms with Crippen LogP contribution in [0.2, 0.25) is 0 Å². The molecule has 12 nitrogen and oxygen atoms in total. The first-order chi connectivity index (χ1) is 22.1. The van der Waals surface area contributed by atoms with Gasteiger partial charge in [0.25, 0.3) is 5.91 Å². The Balaban J connectivity index is 1.97. The van der Waals surface area contributed by atoms with Gasteiger partial charge in [-0.25, -0.2) is 24.1 Å². The summed E-state index contributed by atoms with van der Waals surface area (Å²) in [5.41, 5.74) is -1.40. The van der Waals surface area contributed by atoms with Crippen LogP contribution in [0.1, 0.15) is 36.5 Å². The molecule has 0 aliphatic rings. The number of halogens is 1. The predicted molar refractivity (Wildman–Crippen MR) is 167 cm³/mol. The topological polar surface area (TPSA) is 166 Å². The summed E-state index contributed by atoms with van der Waals surface area (Å²) in [7, 11) is 0. The van der Waals surface area contributed by atoms with Crippen molar-refractivity contribution < 1.29 is 48.1 Å². The molecule has 2 atom stereocenters. The van der Waals surface area contributed by atoms with Crippen LogP contribution in [0.25, 0.3) is 0 Å². The van der Waals surface area contributed by atoms with E-state index in [-0.39, 0.29) is 23.4 Å². The molecule has 0 heterocycles. The van der Waals surface area contributed by atoms with Gasteiger partial charge in [0.05, 0.1) is 5.33 Å². The van der Waals surface area contributed by atoms with Crippen LogP contribution < -0.4 is 5.32 Å². The number of carbonyl (C=O) groups excluding carboxylic acids is 5. The van der Waals surface area contributed by atoms with Crippen molar-refractivity contribution in [1.29, 1.82) is 0 Å². The lowest BCUT2D eigenvalue weighted by Crippen LogP contribution is -2.67. The van der Waals surface area contributed by atoms with Gasteiger partial charge in [-0.1, -0.05) is 107 Å². The molecule has 0 saturated carbocycles. The number of imide groups is 1. The second kappa shape index (κ2) is 17.4. The number of carboxylic acid groups (broad SMARTS) is 1. The van der Waals surface area contributed by atoms with Gasteiger partial charge in [0.15, 0.2) is 0 Å². The van der Waals surface area contributed by atoms with Crippen LogP contribution in [0, 0.1) is 0 Å². The number of nitrogens with one attached hydrogen (secondary N) is 1. The summed E-state index contributed by atoms with van der Waals surface area (Å²) in [4.78, 5) is 79.5. The highest BCUT2D eigenvalue weighted by atomic mass is 79.9. The Bertz CT molecular complexity index is 1500. The molecule has 0 bridgehead atoms. The smallest absolute Gasteiger partial charge is 0.418 e. The second-order valence-corrected chi connectivity index (χ2v) is 10.6. The van der Waals surface area contributed by atoms with Crippen molar-refractivity contribution in [3.8, 4) is 0 Å². The minimum atomic E-state index is -3.05. The number of alkyl carbamates (subject to hydrolysis) is 1. The van der Waals surface area contributed by atoms with Gasteiger partial charge in [-0.2, -0.15) is 0 Å². The van der Waals surface area contributed by atoms with Crippen LogP contribution in [0.3, 0.4) is 0 Å². The summed E-state index contributed by atoms with van der Waals surface area (Å²) in [5.74, 6) is -5.27. The number of esters is 1. The number of alkyl halides is 1. The molecule has 3 amide bonds. The number of amides is 3. The molecule has 3 aromatic carbocycles. The molecule has 0 radical (unpaired) electrons. The lowest BCUT2D eigenvalue weighted by atomic mass is 9.89. The van der Waals surface area contributed by atoms with Gasteiger partial charge in [-0.3, -0.25) is 9.59 Å². The van der Waals surface area contributed by atoms with Gasteiger partial charge >= 0.3 is 24.1 Å². The lowest BCUT2D eigenvalue weighted by Gasteiger charge is -2.37. The Morgan fingerprint density at radius 3 is 1.67 bits per heavy atom. The zero-order valence-electron chi connectivity index (χ0n) is 24.9. The number of hydrogen-bond acceptors (Lipinski definition) is 9. The maximum absolute atomic E-state index is 13.9. The molecule has 2 N–H and O–H groups in total. The molecule has 3 aromatic rings. The molecule has 0 aliphatic heterocycles. The molecule has 0 unspecified atom stereocenters. The summed E-state index contributed by atoms with van der Waals surface area (Å²) in [6, 6.07) is 23.7. The van der Waals surface area contributed by atoms with E-state index in [0.717, 1.165) is 0 Å². The number of aliphatic carboxylic acids is 1. The Kier molecular flexibility index (Phi) is 13.4. The Hall–Kier alpha value is -5.04. The SMILES string of the molecule is C[C@H](NC(=O)OCc1ccccc1)C(=O)N(C(=O)OCc1ccccc1)[C@@](CCC(=O)CBr)(C(=O)O)C(=O)OCc1ccccc1. The van der Waals surface area contributed by atoms with Crippen molar-refractivity contribution in [2.45, 2.75) is 51.2 Å². The average Bonchev–Trinajstić information content (AvgIpc) is 3.07. The Morgan fingerprint density at radius 1 is 0.761 bits per heavy atom. The second-order valence-electron chi connectivity index (χ2n) is 10.0. The first-order valence-electron chi connectivity index (χ1n) is 14.1. The zero-order chi connectivity index (χ0) is 33.5. The monoisotopic (exact) mass is 696 g/mol. The van der Waals surface area contributed by atoms with Crippen molar-refractivity contribution in [3.63, 3.8) is 0 Å². The van der Waals surface area contributed by atoms with E-state index >= 15 is 0 Å². The van der Waals surface area contributed by atoms with Crippen molar-refractivity contribution in [2.75, 3.05) is 5.33 Å². The first-order valence-corrected chi connectivity index (χ1v) is 15.2. The van der Waals surface area contributed by atoms with E-state index in [0.29, 0.717) is 16.7 Å². The molecule has 13 heteroatoms. The molecule has 0 aliphatic carbocycles. The van der Waals surface area contributed by atoms with Crippen LogP contribution in [-0.4, -0.2) is 62.7 Å². The molecule has 0 aromatic heterocycles. The number of Topliss-reactive ketones (excluding diaryl/α,β-unsaturated/α-hetero) is 1. The summed E-state index contributed by atoms with van der Waals surface area (Å²) >= 11 is 3.00. The fourth-order valence-electron chi connectivity index (χ4n) is 4.24. The highest BCUT2D eigenvalue weighted by Gasteiger charge is 2.59. The van der Waals surface area contributed by atoms with Crippen LogP contribution in [0.5, 0.6) is 0 Å². The Morgan fingerprint density at radius 2 is 1.22 bits per heavy atom. The molecule has 0 spiro atoms. The lowest BCUT2D eigenvalue weighted by molar-refractivity contribution is -0.176. The third-order valence-corrected chi connectivity index (χ3v) is 7.35. The number of rotatable bonds is 15. The Labute approximate surface area is 273 Å². The van der Waals surface area contributed by atoms with E-state index in [1.165, 1.54) is 6.92 Å². The molecule has 242 valence electrons. The largest absolute Gasteiger partial charge is 0.479 e. The molecule has 3 rings (SSSR count). The van der Waals surface area contributed by atoms with E-state index in [9.17, 15) is 33.9 Å². The summed E-state index contributed by atoms with van der Waals surface area (Å²) < 4.78 is 15.8. The third-order valence-electron chi connectivity index (χ3n) is 6.73. The van der Waals surface area contributed by atoms with Crippen LogP contribution in [0.15, 0.2) is 91.0 Å². The van der Waals surface area contributed by atoms with E-state index in [1.54, 1.807) is 91.0 Å². The van der Waals surface area contributed by atoms with Crippen molar-refractivity contribution in [1.82, 2.24) is 10.2 Å². The van der Waals surface area contributed by atoms with E-state index in [2.05, 4.69) is 21.2 Å². The van der Waals surface area contributed by atoms with Gasteiger partial charge in [0.2, 0.25) is 5.54 Å². The maximum Gasteiger partial charge on any atom is 0.418 e. The summed E-state index contributed by atoms with van der Waals surface area (Å²) in [5, 5.41) is 12.6. The van der Waals surface area contributed by atoms with Crippen molar-refractivity contribution in [2.24, 2.45) is 0 Å². The first kappa shape index (κ1) is 35.4. The molecule has 0 fully saturated rings. The molecular formula is C33H33BrN2O10. The van der Waals surface area contributed by atoms with Gasteiger partial charge in [0.1, 0.15) is 31.6 Å². The number of ether oxygens (including phenoxy) is 3. The number of carboxylic acids is 1. The van der Waals surface area contributed by atoms with Gasteiger partial charge < -0.3 is 24.6 Å². The zero-order valence-corrected chi connectivity index (χ0v) is 26.5. The fraction of sp³-hybridized carbons (Fsp3) is 0.273. The molecular weight excluding hydrogens is 664 g/mol. The average molecular weight is 698 g/mol. The quantitative estimate of drug-likeness (QED) is 0.0978. The van der Waals surface area contributed by atoms with Crippen molar-refractivity contribution >= 4 is 51.7 Å². The molecule has 46 heavy (non-hydrogen) atoms. The number of carbonyl (C=O) groups is 6. The minimum Gasteiger partial charge on any atom is -0.479 e. The normalized spacial score (nSPS) is 12.5. The van der Waals surface area contributed by atoms with Crippen LogP contribution >= 0.6 is 15.9 Å². The standard InChI is InChI=1S/C33H33BrN2O10/c1-23(35-31(42)45-21-25-13-7-3-8-14-25)28(38)36(32(43)46-22-26-15-9-4-10-16-26)33(29(39)40,18-17-27(37)19-34)30(41)44-20-24-11-5-2-6-12-24/h2-16,23H,17-22H2,1H3,(H,35,42)(H,39,40)/t23-,33-/m0/s1. The van der Waals surface area contributed by atoms with Crippen LogP contribution in [0.4, 0.5) is 9.59 Å².